The van der Waals surface area contributed by atoms with E-state index >= 15 is 0 Å². The predicted octanol–water partition coefficient (Wildman–Crippen LogP) is 3.07. The Morgan fingerprint density at radius 3 is 2.67 bits per heavy atom. The molecule has 0 fully saturated rings. The third kappa shape index (κ3) is 1.68. The van der Waals surface area contributed by atoms with Crippen LogP contribution in [0, 0.1) is 0 Å². The van der Waals surface area contributed by atoms with Crippen molar-refractivity contribution in [1.82, 2.24) is 9.55 Å². The first-order valence-electron chi connectivity index (χ1n) is 5.27. The van der Waals surface area contributed by atoms with Gasteiger partial charge in [-0.3, -0.25) is 0 Å². The van der Waals surface area contributed by atoms with Crippen LogP contribution in [0.15, 0.2) is 24.3 Å². The Kier molecular flexibility index (Phi) is 2.56. The number of rotatable bonds is 2. The molecule has 0 radical (unpaired) electrons. The number of aryl methyl sites for hydroxylation is 1. The van der Waals surface area contributed by atoms with Gasteiger partial charge in [0.15, 0.2) is 0 Å². The molecule has 0 N–H and O–H groups in total. The van der Waals surface area contributed by atoms with Crippen LogP contribution in [0.2, 0.25) is 0 Å². The first kappa shape index (κ1) is 10.6. The van der Waals surface area contributed by atoms with Crippen molar-refractivity contribution in [2.75, 3.05) is 0 Å². The molecule has 0 spiro atoms. The standard InChI is InChI=1S/C12H17N2P/c1-4-12(2,15)11-13-9-7-5-6-8-10(9)14(11)3/h5-8H,4,15H2,1-3H3. The summed E-state index contributed by atoms with van der Waals surface area (Å²) in [5.41, 5.74) is 2.28. The van der Waals surface area contributed by atoms with Crippen LogP contribution in [0.3, 0.4) is 0 Å². The molecule has 1 aromatic carbocycles. The highest BCUT2D eigenvalue weighted by Gasteiger charge is 2.24. The summed E-state index contributed by atoms with van der Waals surface area (Å²) in [6.45, 7) is 4.39. The first-order valence-corrected chi connectivity index (χ1v) is 5.85. The maximum Gasteiger partial charge on any atom is 0.119 e. The van der Waals surface area contributed by atoms with Crippen LogP contribution in [-0.2, 0) is 12.2 Å². The monoisotopic (exact) mass is 220 g/mol. The summed E-state index contributed by atoms with van der Waals surface area (Å²) in [6.07, 6.45) is 1.06. The number of imidazole rings is 1. The molecular formula is C12H17N2P. The molecule has 2 rings (SSSR count). The van der Waals surface area contributed by atoms with Crippen molar-refractivity contribution in [3.05, 3.63) is 30.1 Å². The second-order valence-corrected chi connectivity index (χ2v) is 5.53. The molecule has 2 unspecified atom stereocenters. The fourth-order valence-electron chi connectivity index (χ4n) is 1.81. The summed E-state index contributed by atoms with van der Waals surface area (Å²) in [5, 5.41) is 0.0633. The van der Waals surface area contributed by atoms with Gasteiger partial charge in [0, 0.05) is 12.2 Å². The Morgan fingerprint density at radius 1 is 1.40 bits per heavy atom. The molecule has 1 aromatic heterocycles. The number of aromatic nitrogens is 2. The van der Waals surface area contributed by atoms with Crippen molar-refractivity contribution in [3.63, 3.8) is 0 Å². The molecule has 3 heteroatoms. The molecule has 0 amide bonds. The van der Waals surface area contributed by atoms with E-state index in [9.17, 15) is 0 Å². The van der Waals surface area contributed by atoms with Gasteiger partial charge in [-0.2, -0.15) is 0 Å². The highest BCUT2D eigenvalue weighted by molar-refractivity contribution is 7.18. The lowest BCUT2D eigenvalue weighted by Crippen LogP contribution is -2.17. The second-order valence-electron chi connectivity index (χ2n) is 4.25. The molecule has 2 atom stereocenters. The van der Waals surface area contributed by atoms with Gasteiger partial charge in [-0.05, 0) is 25.5 Å². The lowest BCUT2D eigenvalue weighted by molar-refractivity contribution is 0.593. The van der Waals surface area contributed by atoms with E-state index in [4.69, 9.17) is 4.98 Å². The molecule has 0 saturated heterocycles. The maximum absolute atomic E-state index is 4.70. The molecule has 2 aromatic rings. The Morgan fingerprint density at radius 2 is 2.07 bits per heavy atom. The fraction of sp³-hybridized carbons (Fsp3) is 0.417. The summed E-state index contributed by atoms with van der Waals surface area (Å²) in [4.78, 5) is 4.70. The maximum atomic E-state index is 4.70. The SMILES string of the molecule is CCC(C)(P)c1nc2ccccc2n1C. The minimum Gasteiger partial charge on any atom is -0.330 e. The van der Waals surface area contributed by atoms with Crippen LogP contribution in [0.4, 0.5) is 0 Å². The van der Waals surface area contributed by atoms with Crippen molar-refractivity contribution >= 4 is 20.3 Å². The average Bonchev–Trinajstić information content (AvgIpc) is 2.58. The molecule has 0 aliphatic heterocycles. The third-order valence-corrected chi connectivity index (χ3v) is 3.70. The van der Waals surface area contributed by atoms with Gasteiger partial charge in [0.2, 0.25) is 0 Å². The first-order chi connectivity index (χ1) is 7.06. The van der Waals surface area contributed by atoms with Gasteiger partial charge in [0.25, 0.3) is 0 Å². The van der Waals surface area contributed by atoms with E-state index in [0.29, 0.717) is 0 Å². The minimum absolute atomic E-state index is 0.0633. The molecule has 80 valence electrons. The lowest BCUT2D eigenvalue weighted by Gasteiger charge is -2.21. The van der Waals surface area contributed by atoms with Crippen molar-refractivity contribution in [3.8, 4) is 0 Å². The predicted molar refractivity (Wildman–Crippen MR) is 68.1 cm³/mol. The van der Waals surface area contributed by atoms with E-state index in [1.165, 1.54) is 5.52 Å². The van der Waals surface area contributed by atoms with Crippen molar-refractivity contribution in [2.45, 2.75) is 25.4 Å². The smallest absolute Gasteiger partial charge is 0.119 e. The van der Waals surface area contributed by atoms with Gasteiger partial charge in [0.05, 0.1) is 11.0 Å². The van der Waals surface area contributed by atoms with Gasteiger partial charge in [-0.15, -0.1) is 9.24 Å². The van der Waals surface area contributed by atoms with E-state index in [0.717, 1.165) is 17.8 Å². The zero-order valence-corrected chi connectivity index (χ0v) is 10.6. The quantitative estimate of drug-likeness (QED) is 0.711. The number of nitrogens with zero attached hydrogens (tertiary/aromatic N) is 2. The number of hydrogen-bond donors (Lipinski definition) is 0. The molecule has 1 heterocycles. The minimum atomic E-state index is 0.0633. The normalized spacial score (nSPS) is 15.5. The average molecular weight is 220 g/mol. The van der Waals surface area contributed by atoms with E-state index in [1.807, 2.05) is 6.07 Å². The Hall–Kier alpha value is -0.880. The molecule has 0 bridgehead atoms. The molecule has 0 saturated carbocycles. The summed E-state index contributed by atoms with van der Waals surface area (Å²) < 4.78 is 2.19. The number of fused-ring (bicyclic) bond motifs is 1. The Labute approximate surface area is 92.9 Å². The Bertz CT molecular complexity index is 485. The van der Waals surface area contributed by atoms with Gasteiger partial charge in [-0.25, -0.2) is 4.98 Å². The van der Waals surface area contributed by atoms with Crippen LogP contribution in [0.5, 0.6) is 0 Å². The van der Waals surface area contributed by atoms with Crippen LogP contribution < -0.4 is 0 Å². The highest BCUT2D eigenvalue weighted by Crippen LogP contribution is 2.34. The highest BCUT2D eigenvalue weighted by atomic mass is 31.0. The molecular weight excluding hydrogens is 203 g/mol. The van der Waals surface area contributed by atoms with Gasteiger partial charge >= 0.3 is 0 Å². The largest absolute Gasteiger partial charge is 0.330 e. The van der Waals surface area contributed by atoms with Crippen LogP contribution in [0.25, 0.3) is 11.0 Å². The van der Waals surface area contributed by atoms with Crippen LogP contribution in [0.1, 0.15) is 26.1 Å². The zero-order valence-electron chi connectivity index (χ0n) is 9.49. The summed E-state index contributed by atoms with van der Waals surface area (Å²) in [7, 11) is 4.99. The zero-order chi connectivity index (χ0) is 11.1. The van der Waals surface area contributed by atoms with Crippen LogP contribution >= 0.6 is 9.24 Å². The lowest BCUT2D eigenvalue weighted by atomic mass is 10.1. The molecule has 0 aliphatic carbocycles. The van der Waals surface area contributed by atoms with Crippen molar-refractivity contribution in [1.29, 1.82) is 0 Å². The van der Waals surface area contributed by atoms with Gasteiger partial charge < -0.3 is 4.57 Å². The topological polar surface area (TPSA) is 17.8 Å². The number of para-hydroxylation sites is 2. The van der Waals surface area contributed by atoms with E-state index in [1.54, 1.807) is 0 Å². The Balaban J connectivity index is 2.68. The number of benzene rings is 1. The fourth-order valence-corrected chi connectivity index (χ4v) is 2.07. The summed E-state index contributed by atoms with van der Waals surface area (Å²) in [6, 6.07) is 8.27. The van der Waals surface area contributed by atoms with Crippen molar-refractivity contribution in [2.24, 2.45) is 7.05 Å². The van der Waals surface area contributed by atoms with Crippen LogP contribution in [-0.4, -0.2) is 9.55 Å². The second kappa shape index (κ2) is 3.61. The van der Waals surface area contributed by atoms with E-state index in [2.05, 4.69) is 52.9 Å². The molecule has 2 nitrogen and oxygen atoms in total. The van der Waals surface area contributed by atoms with Gasteiger partial charge in [0.1, 0.15) is 5.82 Å². The molecule has 15 heavy (non-hydrogen) atoms. The van der Waals surface area contributed by atoms with Crippen molar-refractivity contribution < 1.29 is 0 Å². The molecule has 0 aliphatic rings. The summed E-state index contributed by atoms with van der Waals surface area (Å²) in [5.74, 6) is 1.14. The third-order valence-electron chi connectivity index (χ3n) is 3.03. The number of hydrogen-bond acceptors (Lipinski definition) is 1. The van der Waals surface area contributed by atoms with Gasteiger partial charge in [-0.1, -0.05) is 19.1 Å². The van der Waals surface area contributed by atoms with E-state index in [-0.39, 0.29) is 5.16 Å². The summed E-state index contributed by atoms with van der Waals surface area (Å²) >= 11 is 0. The van der Waals surface area contributed by atoms with E-state index < -0.39 is 0 Å².